The number of para-hydroxylation sites is 1. The van der Waals surface area contributed by atoms with E-state index in [0.29, 0.717) is 37.8 Å². The van der Waals surface area contributed by atoms with Crippen molar-refractivity contribution in [2.75, 3.05) is 36.0 Å². The zero-order valence-corrected chi connectivity index (χ0v) is 14.1. The number of carbonyl (C=O) groups excluding carboxylic acids is 1. The van der Waals surface area contributed by atoms with Gasteiger partial charge in [0, 0.05) is 55.2 Å². The highest BCUT2D eigenvalue weighted by atomic mass is 19.4. The summed E-state index contributed by atoms with van der Waals surface area (Å²) in [6.07, 6.45) is -3.94. The topological polar surface area (TPSA) is 66.7 Å². The molecule has 1 fully saturated rings. The minimum absolute atomic E-state index is 0.0728. The molecule has 2 aromatic rings. The van der Waals surface area contributed by atoms with Crippen molar-refractivity contribution in [1.29, 1.82) is 0 Å². The van der Waals surface area contributed by atoms with E-state index in [1.165, 1.54) is 0 Å². The molecule has 3 rings (SSSR count). The molecule has 0 saturated carbocycles. The lowest BCUT2D eigenvalue weighted by molar-refractivity contribution is -0.385. The summed E-state index contributed by atoms with van der Waals surface area (Å²) < 4.78 is 40.2. The van der Waals surface area contributed by atoms with E-state index in [2.05, 4.69) is 0 Å². The fraction of sp³-hybridized carbons (Fsp3) is 0.278. The van der Waals surface area contributed by atoms with E-state index >= 15 is 0 Å². The molecular weight excluding hydrogens is 363 g/mol. The number of alkyl halides is 3. The number of carbonyl (C=O) groups is 1. The van der Waals surface area contributed by atoms with Crippen LogP contribution < -0.4 is 9.80 Å². The third-order valence-corrected chi connectivity index (χ3v) is 4.52. The van der Waals surface area contributed by atoms with E-state index in [0.717, 1.165) is 24.1 Å². The predicted octanol–water partition coefficient (Wildman–Crippen LogP) is 3.75. The van der Waals surface area contributed by atoms with Gasteiger partial charge in [-0.15, -0.1) is 0 Å². The van der Waals surface area contributed by atoms with Gasteiger partial charge in [-0.3, -0.25) is 14.9 Å². The molecule has 0 atom stereocenters. The van der Waals surface area contributed by atoms with Gasteiger partial charge in [-0.1, -0.05) is 12.1 Å². The maximum atomic E-state index is 13.4. The lowest BCUT2D eigenvalue weighted by Crippen LogP contribution is -2.47. The van der Waals surface area contributed by atoms with Crippen LogP contribution >= 0.6 is 0 Å². The zero-order chi connectivity index (χ0) is 19.6. The second-order valence-corrected chi connectivity index (χ2v) is 6.11. The van der Waals surface area contributed by atoms with Crippen molar-refractivity contribution in [3.8, 4) is 0 Å². The number of nitro groups is 1. The summed E-state index contributed by atoms with van der Waals surface area (Å²) in [5.74, 6) is 0. The number of aldehydes is 1. The number of nitrogens with zero attached hydrogens (tertiary/aromatic N) is 3. The van der Waals surface area contributed by atoms with Crippen LogP contribution in [0.1, 0.15) is 15.9 Å². The van der Waals surface area contributed by atoms with Gasteiger partial charge < -0.3 is 9.80 Å². The number of non-ortho nitro benzene ring substituents is 1. The van der Waals surface area contributed by atoms with Gasteiger partial charge in [0.15, 0.2) is 6.29 Å². The summed E-state index contributed by atoms with van der Waals surface area (Å²) in [4.78, 5) is 24.7. The van der Waals surface area contributed by atoms with Gasteiger partial charge in [-0.25, -0.2) is 0 Å². The number of rotatable bonds is 4. The number of hydrogen-bond donors (Lipinski definition) is 0. The highest BCUT2D eigenvalue weighted by molar-refractivity contribution is 5.84. The summed E-state index contributed by atoms with van der Waals surface area (Å²) in [6, 6.07) is 9.83. The minimum Gasteiger partial charge on any atom is -0.367 e. The van der Waals surface area contributed by atoms with Gasteiger partial charge in [-0.05, 0) is 18.2 Å². The molecular formula is C18H16F3N3O3. The van der Waals surface area contributed by atoms with Gasteiger partial charge in [0.25, 0.3) is 5.69 Å². The lowest BCUT2D eigenvalue weighted by Gasteiger charge is -2.38. The molecule has 0 aromatic heterocycles. The first-order valence-electron chi connectivity index (χ1n) is 8.21. The molecule has 1 heterocycles. The number of piperazine rings is 1. The van der Waals surface area contributed by atoms with Crippen LogP contribution in [0.2, 0.25) is 0 Å². The van der Waals surface area contributed by atoms with Crippen LogP contribution in [-0.4, -0.2) is 37.4 Å². The molecule has 0 spiro atoms. The first kappa shape index (κ1) is 18.7. The average Bonchev–Trinajstić information content (AvgIpc) is 2.67. The van der Waals surface area contributed by atoms with Gasteiger partial charge in [0.1, 0.15) is 0 Å². The second kappa shape index (κ2) is 7.26. The highest BCUT2D eigenvalue weighted by Crippen LogP contribution is 2.39. The van der Waals surface area contributed by atoms with Crippen LogP contribution in [-0.2, 0) is 6.18 Å². The Morgan fingerprint density at radius 2 is 1.56 bits per heavy atom. The molecule has 0 unspecified atom stereocenters. The fourth-order valence-corrected chi connectivity index (χ4v) is 3.20. The van der Waals surface area contributed by atoms with Crippen molar-refractivity contribution < 1.29 is 22.9 Å². The fourth-order valence-electron chi connectivity index (χ4n) is 3.20. The first-order chi connectivity index (χ1) is 12.8. The molecule has 0 bridgehead atoms. The molecule has 6 nitrogen and oxygen atoms in total. The largest absolute Gasteiger partial charge is 0.418 e. The third-order valence-electron chi connectivity index (χ3n) is 4.52. The first-order valence-corrected chi connectivity index (χ1v) is 8.21. The van der Waals surface area contributed by atoms with Crippen LogP contribution in [0.5, 0.6) is 0 Å². The van der Waals surface area contributed by atoms with Crippen LogP contribution in [0, 0.1) is 10.1 Å². The normalized spacial score (nSPS) is 14.9. The Labute approximate surface area is 153 Å². The van der Waals surface area contributed by atoms with Gasteiger partial charge in [0.05, 0.1) is 10.5 Å². The summed E-state index contributed by atoms with van der Waals surface area (Å²) in [6.45, 7) is 1.46. The lowest BCUT2D eigenvalue weighted by atomic mass is 10.1. The summed E-state index contributed by atoms with van der Waals surface area (Å²) in [5, 5.41) is 10.8. The van der Waals surface area contributed by atoms with Crippen molar-refractivity contribution in [3.63, 3.8) is 0 Å². The molecule has 142 valence electrons. The maximum absolute atomic E-state index is 13.4. The van der Waals surface area contributed by atoms with Crippen LogP contribution in [0.25, 0.3) is 0 Å². The molecule has 0 N–H and O–H groups in total. The quantitative estimate of drug-likeness (QED) is 0.460. The van der Waals surface area contributed by atoms with E-state index in [4.69, 9.17) is 0 Å². The third kappa shape index (κ3) is 3.86. The Morgan fingerprint density at radius 3 is 2.11 bits per heavy atom. The number of anilines is 2. The van der Waals surface area contributed by atoms with Crippen molar-refractivity contribution in [2.45, 2.75) is 6.18 Å². The second-order valence-electron chi connectivity index (χ2n) is 6.11. The van der Waals surface area contributed by atoms with Crippen molar-refractivity contribution >= 4 is 23.3 Å². The molecule has 9 heteroatoms. The Hall–Kier alpha value is -3.10. The summed E-state index contributed by atoms with van der Waals surface area (Å²) >= 11 is 0. The standard InChI is InChI=1S/C18H16F3N3O3/c19-18(20,21)15-11-14(24(26)27)5-6-17(15)23-9-7-22(8-10-23)16-4-2-1-3-13(16)12-25/h1-6,11-12H,7-10H2. The van der Waals surface area contributed by atoms with E-state index in [1.54, 1.807) is 29.2 Å². The van der Waals surface area contributed by atoms with Gasteiger partial charge in [0.2, 0.25) is 0 Å². The summed E-state index contributed by atoms with van der Waals surface area (Å²) in [7, 11) is 0. The monoisotopic (exact) mass is 379 g/mol. The van der Waals surface area contributed by atoms with E-state index in [1.807, 2.05) is 4.90 Å². The molecule has 27 heavy (non-hydrogen) atoms. The van der Waals surface area contributed by atoms with Crippen LogP contribution in [0.4, 0.5) is 30.2 Å². The Balaban J connectivity index is 1.84. The SMILES string of the molecule is O=Cc1ccccc1N1CCN(c2ccc([N+](=O)[O-])cc2C(F)(F)F)CC1. The van der Waals surface area contributed by atoms with Crippen molar-refractivity contribution in [2.24, 2.45) is 0 Å². The smallest absolute Gasteiger partial charge is 0.367 e. The molecule has 0 radical (unpaired) electrons. The van der Waals surface area contributed by atoms with E-state index in [-0.39, 0.29) is 5.69 Å². The molecule has 2 aromatic carbocycles. The van der Waals surface area contributed by atoms with E-state index in [9.17, 15) is 28.1 Å². The average molecular weight is 379 g/mol. The Bertz CT molecular complexity index is 862. The van der Waals surface area contributed by atoms with Gasteiger partial charge in [-0.2, -0.15) is 13.2 Å². The summed E-state index contributed by atoms with van der Waals surface area (Å²) in [5.41, 5.74) is -0.413. The molecule has 1 saturated heterocycles. The van der Waals surface area contributed by atoms with E-state index < -0.39 is 22.4 Å². The molecule has 1 aliphatic heterocycles. The predicted molar refractivity (Wildman–Crippen MR) is 94.4 cm³/mol. The highest BCUT2D eigenvalue weighted by Gasteiger charge is 2.37. The Kier molecular flexibility index (Phi) is 5.02. The van der Waals surface area contributed by atoms with Crippen molar-refractivity contribution in [3.05, 3.63) is 63.7 Å². The van der Waals surface area contributed by atoms with Crippen LogP contribution in [0.15, 0.2) is 42.5 Å². The molecule has 0 amide bonds. The number of nitro benzene ring substituents is 1. The Morgan fingerprint density at radius 1 is 0.963 bits per heavy atom. The molecule has 0 aliphatic carbocycles. The zero-order valence-electron chi connectivity index (χ0n) is 14.1. The molecule has 1 aliphatic rings. The maximum Gasteiger partial charge on any atom is 0.418 e. The van der Waals surface area contributed by atoms with Crippen LogP contribution in [0.3, 0.4) is 0 Å². The van der Waals surface area contributed by atoms with Gasteiger partial charge >= 0.3 is 6.18 Å². The number of hydrogen-bond acceptors (Lipinski definition) is 5. The number of benzene rings is 2. The minimum atomic E-state index is -4.69. The number of halogens is 3. The van der Waals surface area contributed by atoms with Crippen molar-refractivity contribution in [1.82, 2.24) is 0 Å².